The highest BCUT2D eigenvalue weighted by molar-refractivity contribution is 7.83. The summed E-state index contributed by atoms with van der Waals surface area (Å²) in [5.41, 5.74) is 3.33. The molecule has 0 bridgehead atoms. The van der Waals surface area contributed by atoms with Gasteiger partial charge in [-0.05, 0) is 51.1 Å². The fourth-order valence-corrected chi connectivity index (χ4v) is 2.82. The Morgan fingerprint density at radius 1 is 1.19 bits per heavy atom. The number of aryl methyl sites for hydroxylation is 1. The van der Waals surface area contributed by atoms with Crippen LogP contribution in [0.15, 0.2) is 75.0 Å². The fourth-order valence-electron chi connectivity index (χ4n) is 2.12. The van der Waals surface area contributed by atoms with Gasteiger partial charge in [-0.1, -0.05) is 41.5 Å². The van der Waals surface area contributed by atoms with Crippen LogP contribution >= 0.6 is 0 Å². The first-order valence-electron chi connectivity index (χ1n) is 8.49. The topological polar surface area (TPSA) is 62.4 Å². The van der Waals surface area contributed by atoms with Gasteiger partial charge in [-0.3, -0.25) is 0 Å². The van der Waals surface area contributed by atoms with E-state index >= 15 is 0 Å². The highest BCUT2D eigenvalue weighted by Crippen LogP contribution is 2.21. The maximum Gasteiger partial charge on any atom is 0.172 e. The van der Waals surface area contributed by atoms with Crippen molar-refractivity contribution in [2.45, 2.75) is 25.7 Å². The Kier molecular flexibility index (Phi) is 7.72. The zero-order valence-electron chi connectivity index (χ0n) is 15.7. The highest BCUT2D eigenvalue weighted by Gasteiger charge is 2.04. The first-order valence-corrected chi connectivity index (χ1v) is 9.60. The lowest BCUT2D eigenvalue weighted by atomic mass is 10.1. The van der Waals surface area contributed by atoms with Gasteiger partial charge in [-0.25, -0.2) is 4.21 Å². The number of ether oxygens (including phenoxy) is 1. The number of allylic oxidation sites excluding steroid dienone is 2. The van der Waals surface area contributed by atoms with E-state index in [1.165, 1.54) is 11.8 Å². The van der Waals surface area contributed by atoms with Crippen molar-refractivity contribution >= 4 is 23.3 Å². The Labute approximate surface area is 163 Å². The molecule has 0 aromatic heterocycles. The van der Waals surface area contributed by atoms with Gasteiger partial charge in [0.25, 0.3) is 0 Å². The minimum atomic E-state index is -1.55. The number of benzene rings is 2. The quantitative estimate of drug-likeness (QED) is 0.385. The van der Waals surface area contributed by atoms with Crippen LogP contribution in [0.3, 0.4) is 0 Å². The summed E-state index contributed by atoms with van der Waals surface area (Å²) in [6.07, 6.45) is 4.99. The van der Waals surface area contributed by atoms with Crippen molar-refractivity contribution in [1.29, 1.82) is 5.26 Å². The molecule has 0 aliphatic carbocycles. The van der Waals surface area contributed by atoms with Crippen molar-refractivity contribution in [1.82, 2.24) is 0 Å². The van der Waals surface area contributed by atoms with E-state index in [9.17, 15) is 9.47 Å². The summed E-state index contributed by atoms with van der Waals surface area (Å²) < 4.78 is 22.0. The fraction of sp³-hybridized carbons (Fsp3) is 0.182. The Morgan fingerprint density at radius 2 is 1.89 bits per heavy atom. The largest absolute Gasteiger partial charge is 0.489 e. The zero-order valence-corrected chi connectivity index (χ0v) is 16.5. The molecule has 0 saturated carbocycles. The van der Waals surface area contributed by atoms with Crippen molar-refractivity contribution in [3.05, 3.63) is 76.9 Å². The van der Waals surface area contributed by atoms with Gasteiger partial charge in [0, 0.05) is 5.56 Å². The minimum Gasteiger partial charge on any atom is -0.489 e. The van der Waals surface area contributed by atoms with Gasteiger partial charge >= 0.3 is 0 Å². The van der Waals surface area contributed by atoms with Gasteiger partial charge in [0.05, 0.1) is 16.7 Å². The first kappa shape index (κ1) is 20.3. The van der Waals surface area contributed by atoms with E-state index in [2.05, 4.69) is 10.5 Å². The summed E-state index contributed by atoms with van der Waals surface area (Å²) in [6, 6.07) is 16.8. The van der Waals surface area contributed by atoms with Crippen LogP contribution in [0.25, 0.3) is 6.08 Å². The van der Waals surface area contributed by atoms with E-state index in [4.69, 9.17) is 4.74 Å². The van der Waals surface area contributed by atoms with Crippen LogP contribution in [0.4, 0.5) is 0 Å². The molecule has 0 amide bonds. The van der Waals surface area contributed by atoms with Crippen molar-refractivity contribution < 1.29 is 8.95 Å². The number of hydrogen-bond acceptors (Lipinski definition) is 3. The number of nitrogens with zero attached hydrogens (tertiary/aromatic N) is 2. The molecule has 1 atom stereocenters. The lowest BCUT2D eigenvalue weighted by Gasteiger charge is -2.07. The second kappa shape index (κ2) is 10.2. The summed E-state index contributed by atoms with van der Waals surface area (Å²) in [5, 5.41) is 9.39. The minimum absolute atomic E-state index is 0.300. The first-order chi connectivity index (χ1) is 13.0. The van der Waals surface area contributed by atoms with Crippen LogP contribution in [0.5, 0.6) is 5.75 Å². The van der Waals surface area contributed by atoms with Gasteiger partial charge in [0.1, 0.15) is 18.4 Å². The molecule has 27 heavy (non-hydrogen) atoms. The van der Waals surface area contributed by atoms with Gasteiger partial charge in [0.2, 0.25) is 0 Å². The van der Waals surface area contributed by atoms with Gasteiger partial charge in [0.15, 0.2) is 11.0 Å². The molecule has 0 heterocycles. The SMILES string of the molecule is CC(C)=CCOc1ccccc1/C=C(C#N)/C=N/S(=O)c1ccc(C)cc1. The van der Waals surface area contributed by atoms with Crippen molar-refractivity contribution in [3.8, 4) is 11.8 Å². The number of nitriles is 1. The Balaban J connectivity index is 2.18. The molecule has 0 spiro atoms. The average molecular weight is 378 g/mol. The third-order valence-electron chi connectivity index (χ3n) is 3.60. The summed E-state index contributed by atoms with van der Waals surface area (Å²) >= 11 is 0. The smallest absolute Gasteiger partial charge is 0.172 e. The molecule has 138 valence electrons. The van der Waals surface area contributed by atoms with E-state index in [0.717, 1.165) is 11.1 Å². The molecule has 1 unspecified atom stereocenters. The molecule has 0 fully saturated rings. The molecule has 2 rings (SSSR count). The summed E-state index contributed by atoms with van der Waals surface area (Å²) in [6.45, 7) is 6.44. The van der Waals surface area contributed by atoms with E-state index in [1.807, 2.05) is 63.2 Å². The van der Waals surface area contributed by atoms with Gasteiger partial charge < -0.3 is 4.74 Å². The maximum absolute atomic E-state index is 12.2. The van der Waals surface area contributed by atoms with Crippen LogP contribution in [0.1, 0.15) is 25.0 Å². The van der Waals surface area contributed by atoms with Crippen molar-refractivity contribution in [2.75, 3.05) is 6.61 Å². The molecular formula is C22H22N2O2S. The molecule has 2 aromatic carbocycles. The van der Waals surface area contributed by atoms with Crippen LogP contribution in [0.2, 0.25) is 0 Å². The highest BCUT2D eigenvalue weighted by atomic mass is 32.2. The van der Waals surface area contributed by atoms with Crippen molar-refractivity contribution in [2.24, 2.45) is 4.40 Å². The summed E-state index contributed by atoms with van der Waals surface area (Å²) in [4.78, 5) is 0.597. The number of para-hydroxylation sites is 1. The molecular weight excluding hydrogens is 356 g/mol. The lowest BCUT2D eigenvalue weighted by Crippen LogP contribution is -1.96. The third kappa shape index (κ3) is 6.69. The van der Waals surface area contributed by atoms with E-state index < -0.39 is 11.0 Å². The molecule has 0 aliphatic rings. The summed E-state index contributed by atoms with van der Waals surface area (Å²) in [7, 11) is -1.55. The standard InChI is InChI=1S/C22H22N2O2S/c1-17(2)12-13-26-22-7-5-4-6-20(22)14-19(15-23)16-24-27(25)21-10-8-18(3)9-11-21/h4-12,14,16H,13H2,1-3H3/b19-14+,24-16+. The second-order valence-corrected chi connectivity index (χ2v) is 7.32. The molecule has 4 nitrogen and oxygen atoms in total. The predicted molar refractivity (Wildman–Crippen MR) is 111 cm³/mol. The summed E-state index contributed by atoms with van der Waals surface area (Å²) in [5.74, 6) is 0.677. The van der Waals surface area contributed by atoms with Crippen LogP contribution in [-0.2, 0) is 11.0 Å². The van der Waals surface area contributed by atoms with Crippen LogP contribution in [-0.4, -0.2) is 17.0 Å². The molecule has 0 aliphatic heterocycles. The predicted octanol–water partition coefficient (Wildman–Crippen LogP) is 5.04. The second-order valence-electron chi connectivity index (χ2n) is 6.14. The molecule has 0 N–H and O–H groups in total. The monoisotopic (exact) mass is 378 g/mol. The van der Waals surface area contributed by atoms with Gasteiger partial charge in [-0.2, -0.15) is 9.66 Å². The van der Waals surface area contributed by atoms with Gasteiger partial charge in [-0.15, -0.1) is 0 Å². The van der Waals surface area contributed by atoms with Crippen LogP contribution < -0.4 is 4.74 Å². The normalized spacial score (nSPS) is 12.4. The molecule has 2 aromatic rings. The Hall–Kier alpha value is -2.97. The molecule has 5 heteroatoms. The number of hydrogen-bond donors (Lipinski definition) is 0. The third-order valence-corrected chi connectivity index (χ3v) is 4.57. The number of rotatable bonds is 7. The van der Waals surface area contributed by atoms with E-state index in [0.29, 0.717) is 22.8 Å². The Bertz CT molecular complexity index is 932. The zero-order chi connectivity index (χ0) is 19.6. The van der Waals surface area contributed by atoms with E-state index in [1.54, 1.807) is 18.2 Å². The van der Waals surface area contributed by atoms with Crippen LogP contribution in [0, 0.1) is 18.3 Å². The Morgan fingerprint density at radius 3 is 2.56 bits per heavy atom. The van der Waals surface area contributed by atoms with E-state index in [-0.39, 0.29) is 0 Å². The average Bonchev–Trinajstić information content (AvgIpc) is 2.66. The molecule has 0 saturated heterocycles. The lowest BCUT2D eigenvalue weighted by molar-refractivity contribution is 0.361. The van der Waals surface area contributed by atoms with Crippen molar-refractivity contribution in [3.63, 3.8) is 0 Å². The molecule has 0 radical (unpaired) electrons. The maximum atomic E-state index is 12.2.